The summed E-state index contributed by atoms with van der Waals surface area (Å²) in [7, 11) is -3.54. The number of benzene rings is 1. The van der Waals surface area contributed by atoms with Crippen molar-refractivity contribution in [3.63, 3.8) is 0 Å². The molecule has 1 aliphatic rings. The second-order valence-corrected chi connectivity index (χ2v) is 7.46. The zero-order valence-corrected chi connectivity index (χ0v) is 13.4. The highest BCUT2D eigenvalue weighted by atomic mass is 32.2. The number of sulfonamides is 1. The minimum atomic E-state index is -3.54. The van der Waals surface area contributed by atoms with Crippen LogP contribution in [0.4, 0.5) is 5.95 Å². The summed E-state index contributed by atoms with van der Waals surface area (Å²) in [5.74, 6) is 0.171. The molecule has 1 aromatic heterocycles. The zero-order valence-electron chi connectivity index (χ0n) is 12.6. The molecule has 0 amide bonds. The van der Waals surface area contributed by atoms with E-state index < -0.39 is 10.0 Å². The maximum Gasteiger partial charge on any atom is 0.243 e. The van der Waals surface area contributed by atoms with E-state index in [0.29, 0.717) is 23.6 Å². The molecule has 6 nitrogen and oxygen atoms in total. The van der Waals surface area contributed by atoms with Crippen molar-refractivity contribution in [3.05, 3.63) is 46.8 Å². The molecule has 0 bridgehead atoms. The fourth-order valence-electron chi connectivity index (χ4n) is 2.62. The Balaban J connectivity index is 1.99. The van der Waals surface area contributed by atoms with Crippen molar-refractivity contribution < 1.29 is 8.42 Å². The molecular weight excluding hydrogens is 300 g/mol. The van der Waals surface area contributed by atoms with Gasteiger partial charge in [0.05, 0.1) is 17.1 Å². The molecule has 0 atom stereocenters. The first-order chi connectivity index (χ1) is 10.4. The third-order valence-electron chi connectivity index (χ3n) is 3.89. The molecule has 3 rings (SSSR count). The van der Waals surface area contributed by atoms with Gasteiger partial charge in [-0.25, -0.2) is 18.4 Å². The van der Waals surface area contributed by atoms with Gasteiger partial charge in [-0.05, 0) is 43.0 Å². The molecule has 2 aromatic rings. The van der Waals surface area contributed by atoms with E-state index >= 15 is 0 Å². The van der Waals surface area contributed by atoms with Crippen molar-refractivity contribution in [2.24, 2.45) is 0 Å². The highest BCUT2D eigenvalue weighted by molar-refractivity contribution is 7.89. The van der Waals surface area contributed by atoms with Crippen LogP contribution in [-0.4, -0.2) is 29.2 Å². The predicted molar refractivity (Wildman–Crippen MR) is 83.7 cm³/mol. The third kappa shape index (κ3) is 2.57. The molecule has 1 aromatic carbocycles. The van der Waals surface area contributed by atoms with Crippen LogP contribution >= 0.6 is 0 Å². The van der Waals surface area contributed by atoms with Crippen LogP contribution < -0.4 is 5.73 Å². The highest BCUT2D eigenvalue weighted by Gasteiger charge is 2.30. The topological polar surface area (TPSA) is 89.2 Å². The Bertz CT molecular complexity index is 833. The molecule has 0 radical (unpaired) electrons. The Morgan fingerprint density at radius 3 is 2.82 bits per heavy atom. The van der Waals surface area contributed by atoms with E-state index in [1.54, 1.807) is 12.3 Å². The van der Waals surface area contributed by atoms with Gasteiger partial charge >= 0.3 is 0 Å². The van der Waals surface area contributed by atoms with E-state index in [1.807, 2.05) is 26.0 Å². The Labute approximate surface area is 130 Å². The standard InChI is InChI=1S/C15H18N4O2S/c1-10-3-4-11(2)14(7-10)22(20,21)19-6-5-12-8-17-15(16)18-13(12)9-19/h3-4,7-8H,5-6,9H2,1-2H3,(H2,16,17,18). The molecule has 0 spiro atoms. The molecule has 7 heteroatoms. The number of aryl methyl sites for hydroxylation is 2. The molecule has 2 N–H and O–H groups in total. The Morgan fingerprint density at radius 1 is 1.27 bits per heavy atom. The second-order valence-electron chi connectivity index (χ2n) is 5.56. The average molecular weight is 318 g/mol. The summed E-state index contributed by atoms with van der Waals surface area (Å²) >= 11 is 0. The largest absolute Gasteiger partial charge is 0.368 e. The molecule has 22 heavy (non-hydrogen) atoms. The maximum absolute atomic E-state index is 12.9. The lowest BCUT2D eigenvalue weighted by Gasteiger charge is -2.27. The fraction of sp³-hybridized carbons (Fsp3) is 0.333. The van der Waals surface area contributed by atoms with Crippen LogP contribution in [0.1, 0.15) is 22.4 Å². The van der Waals surface area contributed by atoms with Crippen LogP contribution in [0.15, 0.2) is 29.3 Å². The number of rotatable bonds is 2. The first kappa shape index (κ1) is 14.9. The molecule has 116 valence electrons. The quantitative estimate of drug-likeness (QED) is 0.904. The van der Waals surface area contributed by atoms with Gasteiger partial charge in [-0.3, -0.25) is 0 Å². The number of nitrogens with two attached hydrogens (primary N) is 1. The van der Waals surface area contributed by atoms with Gasteiger partial charge in [0.25, 0.3) is 0 Å². The van der Waals surface area contributed by atoms with E-state index in [2.05, 4.69) is 9.97 Å². The number of aromatic nitrogens is 2. The van der Waals surface area contributed by atoms with Crippen LogP contribution in [0, 0.1) is 13.8 Å². The maximum atomic E-state index is 12.9. The van der Waals surface area contributed by atoms with Gasteiger partial charge in [0.15, 0.2) is 0 Å². The summed E-state index contributed by atoms with van der Waals surface area (Å²) in [6, 6.07) is 5.46. The van der Waals surface area contributed by atoms with Gasteiger partial charge in [-0.2, -0.15) is 4.31 Å². The number of hydrogen-bond donors (Lipinski definition) is 1. The van der Waals surface area contributed by atoms with Crippen molar-refractivity contribution in [1.82, 2.24) is 14.3 Å². The van der Waals surface area contributed by atoms with E-state index in [0.717, 1.165) is 16.7 Å². The Morgan fingerprint density at radius 2 is 2.05 bits per heavy atom. The highest BCUT2D eigenvalue weighted by Crippen LogP contribution is 2.26. The number of nitrogen functional groups attached to an aromatic ring is 1. The van der Waals surface area contributed by atoms with Crippen molar-refractivity contribution >= 4 is 16.0 Å². The van der Waals surface area contributed by atoms with E-state index in [9.17, 15) is 8.42 Å². The molecule has 0 fully saturated rings. The Kier molecular flexibility index (Phi) is 3.62. The van der Waals surface area contributed by atoms with Crippen molar-refractivity contribution in [1.29, 1.82) is 0 Å². The molecular formula is C15H18N4O2S. The monoisotopic (exact) mass is 318 g/mol. The first-order valence-electron chi connectivity index (χ1n) is 7.05. The minimum Gasteiger partial charge on any atom is -0.368 e. The van der Waals surface area contributed by atoms with Gasteiger partial charge in [-0.15, -0.1) is 0 Å². The van der Waals surface area contributed by atoms with Crippen LogP contribution in [0.3, 0.4) is 0 Å². The first-order valence-corrected chi connectivity index (χ1v) is 8.49. The van der Waals surface area contributed by atoms with Gasteiger partial charge in [-0.1, -0.05) is 12.1 Å². The lowest BCUT2D eigenvalue weighted by atomic mass is 10.1. The summed E-state index contributed by atoms with van der Waals surface area (Å²) in [6.07, 6.45) is 2.28. The molecule has 2 heterocycles. The SMILES string of the molecule is Cc1ccc(C)c(S(=O)(=O)N2CCc3cnc(N)nc3C2)c1. The van der Waals surface area contributed by atoms with Crippen molar-refractivity contribution in [2.75, 3.05) is 12.3 Å². The summed E-state index contributed by atoms with van der Waals surface area (Å²) in [4.78, 5) is 8.49. The molecule has 1 aliphatic heterocycles. The molecule has 0 unspecified atom stereocenters. The summed E-state index contributed by atoms with van der Waals surface area (Å²) in [5.41, 5.74) is 8.92. The van der Waals surface area contributed by atoms with Crippen molar-refractivity contribution in [3.8, 4) is 0 Å². The fourth-order valence-corrected chi connectivity index (χ4v) is 4.34. The summed E-state index contributed by atoms with van der Waals surface area (Å²) in [6.45, 7) is 4.36. The lowest BCUT2D eigenvalue weighted by Crippen LogP contribution is -2.37. The lowest BCUT2D eigenvalue weighted by molar-refractivity contribution is 0.384. The normalized spacial score (nSPS) is 15.5. The minimum absolute atomic E-state index is 0.171. The Hall–Kier alpha value is -1.99. The van der Waals surface area contributed by atoms with E-state index in [-0.39, 0.29) is 12.5 Å². The number of fused-ring (bicyclic) bond motifs is 1. The zero-order chi connectivity index (χ0) is 15.9. The van der Waals surface area contributed by atoms with Gasteiger partial charge in [0.1, 0.15) is 0 Å². The third-order valence-corrected chi connectivity index (χ3v) is 5.88. The summed E-state index contributed by atoms with van der Waals surface area (Å²) in [5, 5.41) is 0. The second kappa shape index (κ2) is 5.33. The predicted octanol–water partition coefficient (Wildman–Crippen LogP) is 1.42. The van der Waals surface area contributed by atoms with Crippen LogP contribution in [0.2, 0.25) is 0 Å². The van der Waals surface area contributed by atoms with Crippen molar-refractivity contribution in [2.45, 2.75) is 31.7 Å². The molecule has 0 saturated carbocycles. The van der Waals surface area contributed by atoms with Crippen LogP contribution in [0.5, 0.6) is 0 Å². The number of hydrogen-bond acceptors (Lipinski definition) is 5. The van der Waals surface area contributed by atoms with Crippen LogP contribution in [0.25, 0.3) is 0 Å². The number of anilines is 1. The van der Waals surface area contributed by atoms with Gasteiger partial charge in [0, 0.05) is 12.7 Å². The summed E-state index contributed by atoms with van der Waals surface area (Å²) < 4.78 is 27.3. The number of nitrogens with zero attached hydrogens (tertiary/aromatic N) is 3. The molecule has 0 saturated heterocycles. The molecule has 0 aliphatic carbocycles. The van der Waals surface area contributed by atoms with Gasteiger partial charge < -0.3 is 5.73 Å². The van der Waals surface area contributed by atoms with Crippen LogP contribution in [-0.2, 0) is 23.0 Å². The van der Waals surface area contributed by atoms with Gasteiger partial charge in [0.2, 0.25) is 16.0 Å². The smallest absolute Gasteiger partial charge is 0.243 e. The van der Waals surface area contributed by atoms with E-state index in [1.165, 1.54) is 4.31 Å². The van der Waals surface area contributed by atoms with E-state index in [4.69, 9.17) is 5.73 Å². The average Bonchev–Trinajstić information content (AvgIpc) is 2.48.